The largest absolute Gasteiger partial charge is 0.493 e. The van der Waals surface area contributed by atoms with E-state index in [9.17, 15) is 29.4 Å². The highest BCUT2D eigenvalue weighted by Crippen LogP contribution is 2.34. The van der Waals surface area contributed by atoms with Crippen molar-refractivity contribution in [1.29, 1.82) is 0 Å². The van der Waals surface area contributed by atoms with Crippen LogP contribution in [0.4, 0.5) is 5.69 Å². The van der Waals surface area contributed by atoms with Gasteiger partial charge in [0.1, 0.15) is 12.2 Å². The third kappa shape index (κ3) is 5.37. The van der Waals surface area contributed by atoms with E-state index in [0.29, 0.717) is 16.9 Å². The maximum Gasteiger partial charge on any atom is 0.335 e. The van der Waals surface area contributed by atoms with Crippen LogP contribution in [-0.2, 0) is 16.2 Å². The molecular formula is C27H20N2O8S. The van der Waals surface area contributed by atoms with E-state index in [0.717, 1.165) is 4.90 Å². The summed E-state index contributed by atoms with van der Waals surface area (Å²) in [5, 5.41) is 20.8. The number of nitrogens with one attached hydrogen (secondary N) is 1. The molecular weight excluding hydrogens is 512 g/mol. The number of carboxylic acid groups (broad SMARTS) is 2. The number of aromatic carboxylic acids is 2. The lowest BCUT2D eigenvalue weighted by molar-refractivity contribution is -0.122. The van der Waals surface area contributed by atoms with E-state index in [-0.39, 0.29) is 39.9 Å². The van der Waals surface area contributed by atoms with Gasteiger partial charge in [0.2, 0.25) is 0 Å². The Morgan fingerprint density at radius 1 is 0.974 bits per heavy atom. The van der Waals surface area contributed by atoms with Crippen LogP contribution in [-0.4, -0.2) is 46.2 Å². The van der Waals surface area contributed by atoms with Crippen molar-refractivity contribution in [3.05, 3.63) is 94.6 Å². The van der Waals surface area contributed by atoms with Crippen LogP contribution in [0.3, 0.4) is 0 Å². The topological polar surface area (TPSA) is 142 Å². The Bertz CT molecular complexity index is 1510. The fourth-order valence-electron chi connectivity index (χ4n) is 3.74. The minimum Gasteiger partial charge on any atom is -0.493 e. The van der Waals surface area contributed by atoms with Gasteiger partial charge >= 0.3 is 11.9 Å². The van der Waals surface area contributed by atoms with Crippen molar-refractivity contribution in [2.24, 2.45) is 0 Å². The van der Waals surface area contributed by atoms with Gasteiger partial charge in [0, 0.05) is 5.56 Å². The van der Waals surface area contributed by atoms with Gasteiger partial charge in [0.15, 0.2) is 16.6 Å². The summed E-state index contributed by atoms with van der Waals surface area (Å²) in [4.78, 5) is 49.9. The number of methoxy groups -OCH3 is 1. The van der Waals surface area contributed by atoms with Crippen molar-refractivity contribution in [3.63, 3.8) is 0 Å². The summed E-state index contributed by atoms with van der Waals surface area (Å²) in [6.45, 7) is -0.0179. The van der Waals surface area contributed by atoms with Gasteiger partial charge in [-0.25, -0.2) is 9.59 Å². The average molecular weight is 533 g/mol. The van der Waals surface area contributed by atoms with E-state index in [1.165, 1.54) is 49.6 Å². The van der Waals surface area contributed by atoms with Gasteiger partial charge in [0.25, 0.3) is 11.8 Å². The van der Waals surface area contributed by atoms with Crippen LogP contribution in [0.5, 0.6) is 11.5 Å². The number of rotatable bonds is 8. The van der Waals surface area contributed by atoms with Gasteiger partial charge in [-0.15, -0.1) is 0 Å². The second-order valence-corrected chi connectivity index (χ2v) is 8.37. The highest BCUT2D eigenvalue weighted by atomic mass is 32.1. The normalized spacial score (nSPS) is 14.3. The van der Waals surface area contributed by atoms with E-state index >= 15 is 0 Å². The molecule has 38 heavy (non-hydrogen) atoms. The summed E-state index contributed by atoms with van der Waals surface area (Å²) in [5.41, 5.74) is 0.855. The molecule has 3 aromatic carbocycles. The molecule has 3 aromatic rings. The zero-order valence-electron chi connectivity index (χ0n) is 19.8. The predicted octanol–water partition coefficient (Wildman–Crippen LogP) is 3.50. The fourth-order valence-corrected chi connectivity index (χ4v) is 4.02. The van der Waals surface area contributed by atoms with Crippen molar-refractivity contribution in [3.8, 4) is 11.5 Å². The Morgan fingerprint density at radius 3 is 2.32 bits per heavy atom. The summed E-state index contributed by atoms with van der Waals surface area (Å²) < 4.78 is 11.4. The fraction of sp³-hybridized carbons (Fsp3) is 0.0741. The Labute approximate surface area is 221 Å². The monoisotopic (exact) mass is 532 g/mol. The van der Waals surface area contributed by atoms with E-state index in [1.54, 1.807) is 30.3 Å². The molecule has 1 heterocycles. The van der Waals surface area contributed by atoms with Crippen molar-refractivity contribution in [1.82, 2.24) is 5.32 Å². The highest BCUT2D eigenvalue weighted by molar-refractivity contribution is 7.80. The van der Waals surface area contributed by atoms with Gasteiger partial charge in [-0.3, -0.25) is 19.8 Å². The molecule has 2 amide bonds. The van der Waals surface area contributed by atoms with E-state index < -0.39 is 23.8 Å². The van der Waals surface area contributed by atoms with Crippen LogP contribution in [0.15, 0.2) is 72.3 Å². The van der Waals surface area contributed by atoms with Crippen LogP contribution >= 0.6 is 12.2 Å². The van der Waals surface area contributed by atoms with E-state index in [1.807, 2.05) is 0 Å². The predicted molar refractivity (Wildman–Crippen MR) is 140 cm³/mol. The molecule has 10 nitrogen and oxygen atoms in total. The number of anilines is 1. The standard InChI is InChI=1S/C27H20N2O8S/c1-36-21-10-4-6-16(22(21)37-14-15-5-2-7-17(11-15)25(32)33)13-20-23(30)28-27(38)29(24(20)31)19-9-3-8-18(12-19)26(34)35/h2-13H,14H2,1H3,(H,32,33)(H,34,35)(H,28,30,38). The number of nitrogens with zero attached hydrogens (tertiary/aromatic N) is 1. The molecule has 0 saturated carbocycles. The Balaban J connectivity index is 1.70. The first-order valence-electron chi connectivity index (χ1n) is 11.1. The minimum absolute atomic E-state index is 0.0179. The van der Waals surface area contributed by atoms with Crippen molar-refractivity contribution in [2.75, 3.05) is 12.0 Å². The van der Waals surface area contributed by atoms with Gasteiger partial charge in [0.05, 0.1) is 23.9 Å². The second-order valence-electron chi connectivity index (χ2n) is 7.99. The molecule has 1 fully saturated rings. The van der Waals surface area contributed by atoms with Crippen LogP contribution < -0.4 is 19.7 Å². The zero-order valence-corrected chi connectivity index (χ0v) is 20.7. The third-order valence-corrected chi connectivity index (χ3v) is 5.82. The lowest BCUT2D eigenvalue weighted by Gasteiger charge is -2.29. The maximum absolute atomic E-state index is 13.4. The molecule has 4 rings (SSSR count). The minimum atomic E-state index is -1.19. The molecule has 1 saturated heterocycles. The summed E-state index contributed by atoms with van der Waals surface area (Å²) in [7, 11) is 1.43. The zero-order chi connectivity index (χ0) is 27.4. The number of carbonyl (C=O) groups is 4. The molecule has 0 unspecified atom stereocenters. The third-order valence-electron chi connectivity index (χ3n) is 5.54. The number of thiocarbonyl (C=S) groups is 1. The second kappa shape index (κ2) is 10.9. The van der Waals surface area contributed by atoms with Crippen LogP contribution in [0.1, 0.15) is 31.8 Å². The first-order chi connectivity index (χ1) is 18.2. The summed E-state index contributed by atoms with van der Waals surface area (Å²) in [6, 6.07) is 16.7. The number of hydrogen-bond acceptors (Lipinski definition) is 7. The molecule has 1 aliphatic heterocycles. The SMILES string of the molecule is COc1cccc(C=C2C(=O)NC(=S)N(c3cccc(C(=O)O)c3)C2=O)c1OCc1cccc(C(=O)O)c1. The maximum atomic E-state index is 13.4. The number of ether oxygens (including phenoxy) is 2. The van der Waals surface area contributed by atoms with Crippen molar-refractivity contribution >= 4 is 52.8 Å². The molecule has 3 N–H and O–H groups in total. The molecule has 192 valence electrons. The smallest absolute Gasteiger partial charge is 0.335 e. The number of para-hydroxylation sites is 1. The molecule has 0 atom stereocenters. The number of carbonyl (C=O) groups excluding carboxylic acids is 2. The quantitative estimate of drug-likeness (QED) is 0.226. The molecule has 0 aromatic heterocycles. The molecule has 1 aliphatic rings. The van der Waals surface area contributed by atoms with Gasteiger partial charge in [-0.2, -0.15) is 0 Å². The Hall–Kier alpha value is -5.03. The summed E-state index contributed by atoms with van der Waals surface area (Å²) in [6.07, 6.45) is 1.32. The molecule has 0 aliphatic carbocycles. The average Bonchev–Trinajstić information content (AvgIpc) is 2.90. The van der Waals surface area contributed by atoms with Crippen molar-refractivity contribution < 1.29 is 38.9 Å². The lowest BCUT2D eigenvalue weighted by Crippen LogP contribution is -2.54. The Kier molecular flexibility index (Phi) is 7.49. The molecule has 0 spiro atoms. The first kappa shape index (κ1) is 26.0. The van der Waals surface area contributed by atoms with Gasteiger partial charge in [-0.1, -0.05) is 30.3 Å². The number of hydrogen-bond donors (Lipinski definition) is 3. The Morgan fingerprint density at radius 2 is 1.63 bits per heavy atom. The van der Waals surface area contributed by atoms with Crippen LogP contribution in [0.25, 0.3) is 6.08 Å². The van der Waals surface area contributed by atoms with Crippen LogP contribution in [0, 0.1) is 0 Å². The lowest BCUT2D eigenvalue weighted by atomic mass is 10.1. The molecule has 11 heteroatoms. The summed E-state index contributed by atoms with van der Waals surface area (Å²) >= 11 is 5.19. The van der Waals surface area contributed by atoms with Gasteiger partial charge < -0.3 is 19.7 Å². The van der Waals surface area contributed by atoms with Crippen molar-refractivity contribution in [2.45, 2.75) is 6.61 Å². The van der Waals surface area contributed by atoms with Gasteiger partial charge in [-0.05, 0) is 60.3 Å². The molecule has 0 bridgehead atoms. The first-order valence-corrected chi connectivity index (χ1v) is 11.5. The van der Waals surface area contributed by atoms with E-state index in [4.69, 9.17) is 21.7 Å². The number of benzene rings is 3. The van der Waals surface area contributed by atoms with E-state index in [2.05, 4.69) is 5.32 Å². The highest BCUT2D eigenvalue weighted by Gasteiger charge is 2.35. The molecule has 0 radical (unpaired) electrons. The number of amides is 2. The van der Waals surface area contributed by atoms with Crippen LogP contribution in [0.2, 0.25) is 0 Å². The number of carboxylic acids is 2. The summed E-state index contributed by atoms with van der Waals surface area (Å²) in [5.74, 6) is -3.23.